The fraction of sp³-hybridized carbons (Fsp3) is 0. The van der Waals surface area contributed by atoms with Gasteiger partial charge in [0, 0.05) is 41.6 Å². The maximum Gasteiger partial charge on any atom is 0.270 e. The maximum atomic E-state index is 10.4. The molecule has 3 rings (SSSR count). The second-order valence-corrected chi connectivity index (χ2v) is 3.53. The van der Waals surface area contributed by atoms with Gasteiger partial charge in [0.05, 0.1) is 4.92 Å². The van der Waals surface area contributed by atoms with Gasteiger partial charge in [-0.15, -0.1) is 0 Å². The van der Waals surface area contributed by atoms with Crippen molar-refractivity contribution < 1.29 is 4.92 Å². The van der Waals surface area contributed by atoms with Gasteiger partial charge in [-0.3, -0.25) is 15.1 Å². The SMILES string of the molecule is O=[N+]([O-])c1ccc2[nH]ccc2c1.c1ccncc1. The Balaban J connectivity index is 0.000000169. The second-order valence-electron chi connectivity index (χ2n) is 3.53. The molecule has 0 aliphatic carbocycles. The van der Waals surface area contributed by atoms with Gasteiger partial charge in [-0.2, -0.15) is 0 Å². The summed E-state index contributed by atoms with van der Waals surface area (Å²) < 4.78 is 0. The molecule has 0 saturated heterocycles. The van der Waals surface area contributed by atoms with Gasteiger partial charge in [0.2, 0.25) is 0 Å². The van der Waals surface area contributed by atoms with Gasteiger partial charge in [-0.05, 0) is 24.3 Å². The molecular weight excluding hydrogens is 230 g/mol. The predicted molar refractivity (Wildman–Crippen MR) is 69.2 cm³/mol. The van der Waals surface area contributed by atoms with E-state index >= 15 is 0 Å². The van der Waals surface area contributed by atoms with Crippen molar-refractivity contribution in [3.63, 3.8) is 0 Å². The summed E-state index contributed by atoms with van der Waals surface area (Å²) in [5, 5.41) is 11.2. The second kappa shape index (κ2) is 5.58. The van der Waals surface area contributed by atoms with Gasteiger partial charge in [0.1, 0.15) is 0 Å². The topological polar surface area (TPSA) is 71.8 Å². The third-order valence-corrected chi connectivity index (χ3v) is 2.31. The quantitative estimate of drug-likeness (QED) is 0.525. The predicted octanol–water partition coefficient (Wildman–Crippen LogP) is 3.16. The summed E-state index contributed by atoms with van der Waals surface area (Å²) in [4.78, 5) is 16.7. The molecule has 5 nitrogen and oxygen atoms in total. The van der Waals surface area contributed by atoms with Gasteiger partial charge in [0.15, 0.2) is 0 Å². The fourth-order valence-electron chi connectivity index (χ4n) is 1.47. The third-order valence-electron chi connectivity index (χ3n) is 2.31. The molecule has 3 aromatic rings. The number of non-ortho nitro benzene ring substituents is 1. The number of nitro benzene ring substituents is 1. The van der Waals surface area contributed by atoms with Crippen LogP contribution in [-0.2, 0) is 0 Å². The number of nitro groups is 1. The van der Waals surface area contributed by atoms with E-state index in [0.717, 1.165) is 10.9 Å². The molecule has 0 bridgehead atoms. The summed E-state index contributed by atoms with van der Waals surface area (Å²) in [6, 6.07) is 12.3. The van der Waals surface area contributed by atoms with Crippen molar-refractivity contribution in [1.82, 2.24) is 9.97 Å². The molecule has 0 spiro atoms. The number of nitrogens with one attached hydrogen (secondary N) is 1. The van der Waals surface area contributed by atoms with E-state index in [1.807, 2.05) is 24.3 Å². The lowest BCUT2D eigenvalue weighted by Crippen LogP contribution is -1.86. The highest BCUT2D eigenvalue weighted by Crippen LogP contribution is 2.18. The summed E-state index contributed by atoms with van der Waals surface area (Å²) >= 11 is 0. The molecular formula is C13H11N3O2. The van der Waals surface area contributed by atoms with Crippen LogP contribution in [0.25, 0.3) is 10.9 Å². The van der Waals surface area contributed by atoms with E-state index in [0.29, 0.717) is 0 Å². The Morgan fingerprint density at radius 2 is 1.89 bits per heavy atom. The van der Waals surface area contributed by atoms with Crippen LogP contribution in [0.4, 0.5) is 5.69 Å². The number of H-pyrrole nitrogens is 1. The minimum atomic E-state index is -0.396. The van der Waals surface area contributed by atoms with Crippen molar-refractivity contribution in [1.29, 1.82) is 0 Å². The van der Waals surface area contributed by atoms with Crippen LogP contribution < -0.4 is 0 Å². The van der Waals surface area contributed by atoms with Gasteiger partial charge < -0.3 is 4.98 Å². The van der Waals surface area contributed by atoms with Gasteiger partial charge in [-0.1, -0.05) is 6.07 Å². The van der Waals surface area contributed by atoms with Gasteiger partial charge in [0.25, 0.3) is 5.69 Å². The first-order valence-corrected chi connectivity index (χ1v) is 5.34. The molecule has 0 aliphatic heterocycles. The van der Waals surface area contributed by atoms with Crippen LogP contribution in [0.15, 0.2) is 61.1 Å². The Kier molecular flexibility index (Phi) is 3.66. The molecule has 0 unspecified atom stereocenters. The number of pyridine rings is 1. The average Bonchev–Trinajstić information content (AvgIpc) is 2.88. The van der Waals surface area contributed by atoms with Crippen molar-refractivity contribution >= 4 is 16.6 Å². The first-order valence-electron chi connectivity index (χ1n) is 5.34. The van der Waals surface area contributed by atoms with Gasteiger partial charge in [-0.25, -0.2) is 0 Å². The largest absolute Gasteiger partial charge is 0.361 e. The highest BCUT2D eigenvalue weighted by atomic mass is 16.6. The molecule has 1 aromatic carbocycles. The van der Waals surface area contributed by atoms with E-state index in [2.05, 4.69) is 9.97 Å². The van der Waals surface area contributed by atoms with E-state index in [1.165, 1.54) is 6.07 Å². The van der Waals surface area contributed by atoms with Crippen LogP contribution >= 0.6 is 0 Å². The van der Waals surface area contributed by atoms with Crippen LogP contribution in [0.1, 0.15) is 0 Å². The molecule has 90 valence electrons. The highest BCUT2D eigenvalue weighted by molar-refractivity contribution is 5.81. The third kappa shape index (κ3) is 2.91. The van der Waals surface area contributed by atoms with Crippen LogP contribution in [0, 0.1) is 10.1 Å². The summed E-state index contributed by atoms with van der Waals surface area (Å²) in [5.41, 5.74) is 1.04. The zero-order chi connectivity index (χ0) is 12.8. The van der Waals surface area contributed by atoms with Crippen LogP contribution in [0.2, 0.25) is 0 Å². The van der Waals surface area contributed by atoms with Crippen molar-refractivity contribution in [2.75, 3.05) is 0 Å². The minimum absolute atomic E-state index is 0.127. The Bertz CT molecular complexity index is 608. The molecule has 0 atom stereocenters. The van der Waals surface area contributed by atoms with E-state index in [1.54, 1.807) is 30.7 Å². The first-order chi connectivity index (χ1) is 8.77. The summed E-state index contributed by atoms with van der Waals surface area (Å²) in [6.45, 7) is 0. The van der Waals surface area contributed by atoms with Crippen molar-refractivity contribution in [3.8, 4) is 0 Å². The number of aromatic amines is 1. The number of nitrogens with zero attached hydrogens (tertiary/aromatic N) is 2. The Hall–Kier alpha value is -2.69. The van der Waals surface area contributed by atoms with Crippen molar-refractivity contribution in [2.45, 2.75) is 0 Å². The van der Waals surface area contributed by atoms with Gasteiger partial charge >= 0.3 is 0 Å². The number of aromatic nitrogens is 2. The van der Waals surface area contributed by atoms with Crippen molar-refractivity contribution in [3.05, 3.63) is 71.2 Å². The Labute approximate surface area is 103 Å². The Morgan fingerprint density at radius 3 is 2.44 bits per heavy atom. The lowest BCUT2D eigenvalue weighted by atomic mass is 10.2. The first kappa shape index (κ1) is 11.8. The van der Waals surface area contributed by atoms with E-state index < -0.39 is 4.92 Å². The highest BCUT2D eigenvalue weighted by Gasteiger charge is 2.05. The summed E-state index contributed by atoms with van der Waals surface area (Å²) in [6.07, 6.45) is 5.26. The molecule has 5 heteroatoms. The number of hydrogen-bond donors (Lipinski definition) is 1. The smallest absolute Gasteiger partial charge is 0.270 e. The zero-order valence-corrected chi connectivity index (χ0v) is 9.48. The molecule has 0 fully saturated rings. The molecule has 18 heavy (non-hydrogen) atoms. The zero-order valence-electron chi connectivity index (χ0n) is 9.48. The standard InChI is InChI=1S/C8H6N2O2.C5H5N/c11-10(12)7-1-2-8-6(5-7)3-4-9-8;1-2-4-6-5-3-1/h1-5,9H;1-5H. The number of rotatable bonds is 1. The maximum absolute atomic E-state index is 10.4. The molecule has 0 aliphatic rings. The molecule has 0 amide bonds. The van der Waals surface area contributed by atoms with E-state index in [-0.39, 0.29) is 5.69 Å². The number of hydrogen-bond acceptors (Lipinski definition) is 3. The fourth-order valence-corrected chi connectivity index (χ4v) is 1.47. The average molecular weight is 241 g/mol. The van der Waals surface area contributed by atoms with E-state index in [9.17, 15) is 10.1 Å². The molecule has 2 aromatic heterocycles. The van der Waals surface area contributed by atoms with E-state index in [4.69, 9.17) is 0 Å². The molecule has 0 radical (unpaired) electrons. The minimum Gasteiger partial charge on any atom is -0.361 e. The molecule has 2 heterocycles. The summed E-state index contributed by atoms with van der Waals surface area (Å²) in [7, 11) is 0. The normalized spacial score (nSPS) is 9.56. The molecule has 0 saturated carbocycles. The number of benzene rings is 1. The van der Waals surface area contributed by atoms with Crippen LogP contribution in [0.5, 0.6) is 0 Å². The lowest BCUT2D eigenvalue weighted by Gasteiger charge is -1.90. The Morgan fingerprint density at radius 1 is 1.11 bits per heavy atom. The molecule has 1 N–H and O–H groups in total. The van der Waals surface area contributed by atoms with Crippen LogP contribution in [0.3, 0.4) is 0 Å². The monoisotopic (exact) mass is 241 g/mol. The lowest BCUT2D eigenvalue weighted by molar-refractivity contribution is -0.384. The van der Waals surface area contributed by atoms with Crippen molar-refractivity contribution in [2.24, 2.45) is 0 Å². The van der Waals surface area contributed by atoms with Crippen LogP contribution in [-0.4, -0.2) is 14.9 Å². The number of fused-ring (bicyclic) bond motifs is 1. The summed E-state index contributed by atoms with van der Waals surface area (Å²) in [5.74, 6) is 0.